The molecule has 4 rings (SSSR count). The minimum Gasteiger partial charge on any atom is -0.492 e. The van der Waals surface area contributed by atoms with E-state index in [0.717, 1.165) is 49.2 Å². The van der Waals surface area contributed by atoms with Crippen LogP contribution in [0.1, 0.15) is 49.7 Å². The topological polar surface area (TPSA) is 41.6 Å². The molecule has 2 fully saturated rings. The van der Waals surface area contributed by atoms with Gasteiger partial charge in [-0.05, 0) is 75.5 Å². The van der Waals surface area contributed by atoms with Gasteiger partial charge >= 0.3 is 0 Å². The van der Waals surface area contributed by atoms with E-state index in [0.29, 0.717) is 6.61 Å². The van der Waals surface area contributed by atoms with Crippen LogP contribution in [0.15, 0.2) is 48.5 Å². The van der Waals surface area contributed by atoms with Crippen molar-refractivity contribution in [2.75, 3.05) is 31.6 Å². The maximum atomic E-state index is 13.3. The summed E-state index contributed by atoms with van der Waals surface area (Å²) in [5.74, 6) is 0.970. The van der Waals surface area contributed by atoms with Crippen LogP contribution in [0.4, 0.5) is 5.69 Å². The Balaban J connectivity index is 1.37. The van der Waals surface area contributed by atoms with Crippen molar-refractivity contribution in [3.8, 4) is 5.75 Å². The van der Waals surface area contributed by atoms with Crippen LogP contribution in [0.5, 0.6) is 5.75 Å². The van der Waals surface area contributed by atoms with Crippen molar-refractivity contribution >= 4 is 11.6 Å². The number of hydrogen-bond donors (Lipinski definition) is 1. The number of benzene rings is 2. The Morgan fingerprint density at radius 2 is 1.62 bits per heavy atom. The molecule has 1 amide bonds. The van der Waals surface area contributed by atoms with Gasteiger partial charge in [-0.3, -0.25) is 9.69 Å². The highest BCUT2D eigenvalue weighted by Crippen LogP contribution is 2.42. The molecule has 0 unspecified atom stereocenters. The van der Waals surface area contributed by atoms with Gasteiger partial charge in [0.2, 0.25) is 5.91 Å². The fraction of sp³-hybridized carbons (Fsp3) is 0.480. The van der Waals surface area contributed by atoms with E-state index >= 15 is 0 Å². The van der Waals surface area contributed by atoms with Crippen molar-refractivity contribution in [2.24, 2.45) is 0 Å². The first-order valence-corrected chi connectivity index (χ1v) is 11.0. The Hall–Kier alpha value is -2.33. The molecule has 0 radical (unpaired) electrons. The lowest BCUT2D eigenvalue weighted by atomic mass is 9.77. The molecule has 2 aromatic rings. The van der Waals surface area contributed by atoms with Crippen LogP contribution >= 0.6 is 0 Å². The number of aryl methyl sites for hydroxylation is 1. The van der Waals surface area contributed by atoms with E-state index in [1.54, 1.807) is 0 Å². The van der Waals surface area contributed by atoms with Gasteiger partial charge in [0.15, 0.2) is 0 Å². The molecule has 0 spiro atoms. The number of hydrogen-bond acceptors (Lipinski definition) is 3. The van der Waals surface area contributed by atoms with E-state index in [9.17, 15) is 4.79 Å². The van der Waals surface area contributed by atoms with Gasteiger partial charge in [-0.25, -0.2) is 0 Å². The van der Waals surface area contributed by atoms with Crippen molar-refractivity contribution in [1.82, 2.24) is 4.90 Å². The second kappa shape index (κ2) is 9.00. The van der Waals surface area contributed by atoms with Crippen LogP contribution in [0.25, 0.3) is 0 Å². The molecule has 2 aliphatic rings. The molecule has 0 atom stereocenters. The molecule has 4 nitrogen and oxygen atoms in total. The zero-order chi connectivity index (χ0) is 20.1. The number of ether oxygens (including phenoxy) is 1. The van der Waals surface area contributed by atoms with Gasteiger partial charge in [-0.2, -0.15) is 0 Å². The SMILES string of the molecule is Cc1ccc(C2(C(=O)Nc3ccc(OCCN4CCCC4)cc3)CCCC2)cc1. The number of nitrogens with zero attached hydrogens (tertiary/aromatic N) is 1. The van der Waals surface area contributed by atoms with Crippen molar-refractivity contribution < 1.29 is 9.53 Å². The molecule has 0 aromatic heterocycles. The second-order valence-electron chi connectivity index (χ2n) is 8.53. The Labute approximate surface area is 174 Å². The summed E-state index contributed by atoms with van der Waals surface area (Å²) >= 11 is 0. The van der Waals surface area contributed by atoms with Gasteiger partial charge in [0.05, 0.1) is 5.41 Å². The van der Waals surface area contributed by atoms with E-state index in [2.05, 4.69) is 41.4 Å². The van der Waals surface area contributed by atoms with Gasteiger partial charge in [0.1, 0.15) is 12.4 Å². The molecule has 2 aromatic carbocycles. The van der Waals surface area contributed by atoms with E-state index < -0.39 is 5.41 Å². The first-order chi connectivity index (χ1) is 14.2. The van der Waals surface area contributed by atoms with Crippen molar-refractivity contribution in [1.29, 1.82) is 0 Å². The molecule has 1 saturated heterocycles. The minimum absolute atomic E-state index is 0.113. The summed E-state index contributed by atoms with van der Waals surface area (Å²) in [5, 5.41) is 3.16. The van der Waals surface area contributed by atoms with Gasteiger partial charge in [0.25, 0.3) is 0 Å². The maximum Gasteiger partial charge on any atom is 0.235 e. The van der Waals surface area contributed by atoms with Crippen LogP contribution < -0.4 is 10.1 Å². The number of anilines is 1. The Morgan fingerprint density at radius 1 is 0.966 bits per heavy atom. The zero-order valence-corrected chi connectivity index (χ0v) is 17.5. The molecule has 154 valence electrons. The highest BCUT2D eigenvalue weighted by Gasteiger charge is 2.42. The molecule has 1 aliphatic heterocycles. The Kier molecular flexibility index (Phi) is 6.19. The summed E-state index contributed by atoms with van der Waals surface area (Å²) in [4.78, 5) is 15.7. The molecule has 1 aliphatic carbocycles. The highest BCUT2D eigenvalue weighted by molar-refractivity contribution is 5.99. The van der Waals surface area contributed by atoms with Gasteiger partial charge < -0.3 is 10.1 Å². The predicted octanol–water partition coefficient (Wildman–Crippen LogP) is 4.92. The van der Waals surface area contributed by atoms with Crippen LogP contribution in [-0.2, 0) is 10.2 Å². The van der Waals surface area contributed by atoms with Crippen LogP contribution in [0.3, 0.4) is 0 Å². The quantitative estimate of drug-likeness (QED) is 0.727. The lowest BCUT2D eigenvalue weighted by Gasteiger charge is -2.28. The summed E-state index contributed by atoms with van der Waals surface area (Å²) in [5.41, 5.74) is 2.79. The van der Waals surface area contributed by atoms with E-state index in [1.807, 2.05) is 24.3 Å². The zero-order valence-electron chi connectivity index (χ0n) is 17.5. The maximum absolute atomic E-state index is 13.3. The summed E-state index contributed by atoms with van der Waals surface area (Å²) in [6.07, 6.45) is 6.65. The predicted molar refractivity (Wildman–Crippen MR) is 118 cm³/mol. The standard InChI is InChI=1S/C25H32N2O2/c1-20-6-8-21(9-7-20)25(14-2-3-15-25)24(28)26-22-10-12-23(13-11-22)29-19-18-27-16-4-5-17-27/h6-13H,2-5,14-19H2,1H3,(H,26,28). The molecule has 29 heavy (non-hydrogen) atoms. The van der Waals surface area contributed by atoms with Gasteiger partial charge in [-0.15, -0.1) is 0 Å². The fourth-order valence-corrected chi connectivity index (χ4v) is 4.68. The number of likely N-dealkylation sites (tertiary alicyclic amines) is 1. The van der Waals surface area contributed by atoms with Gasteiger partial charge in [0, 0.05) is 12.2 Å². The van der Waals surface area contributed by atoms with Crippen LogP contribution in [-0.4, -0.2) is 37.0 Å². The summed E-state index contributed by atoms with van der Waals surface area (Å²) in [7, 11) is 0. The third kappa shape index (κ3) is 4.64. The van der Waals surface area contributed by atoms with Gasteiger partial charge in [-0.1, -0.05) is 42.7 Å². The fourth-order valence-electron chi connectivity index (χ4n) is 4.68. The highest BCUT2D eigenvalue weighted by atomic mass is 16.5. The number of nitrogens with one attached hydrogen (secondary N) is 1. The second-order valence-corrected chi connectivity index (χ2v) is 8.53. The largest absolute Gasteiger partial charge is 0.492 e. The number of carbonyl (C=O) groups excluding carboxylic acids is 1. The average Bonchev–Trinajstić information content (AvgIpc) is 3.43. The third-order valence-electron chi connectivity index (χ3n) is 6.48. The average molecular weight is 393 g/mol. The van der Waals surface area contributed by atoms with Crippen LogP contribution in [0.2, 0.25) is 0 Å². The minimum atomic E-state index is -0.404. The van der Waals surface area contributed by atoms with Crippen molar-refractivity contribution in [3.05, 3.63) is 59.7 Å². The van der Waals surface area contributed by atoms with Crippen LogP contribution in [0, 0.1) is 6.92 Å². The Bertz CT molecular complexity index is 802. The molecule has 0 bridgehead atoms. The molecule has 1 saturated carbocycles. The molecular formula is C25H32N2O2. The van der Waals surface area contributed by atoms with E-state index in [4.69, 9.17) is 4.74 Å². The third-order valence-corrected chi connectivity index (χ3v) is 6.48. The summed E-state index contributed by atoms with van der Waals surface area (Å²) < 4.78 is 5.87. The number of amides is 1. The first kappa shape index (κ1) is 20.0. The monoisotopic (exact) mass is 392 g/mol. The molecule has 4 heteroatoms. The molecule has 1 heterocycles. The number of rotatable bonds is 7. The van der Waals surface area contributed by atoms with Crippen molar-refractivity contribution in [3.63, 3.8) is 0 Å². The first-order valence-electron chi connectivity index (χ1n) is 11.0. The normalized spacial score (nSPS) is 18.7. The molecular weight excluding hydrogens is 360 g/mol. The number of carbonyl (C=O) groups is 1. The van der Waals surface area contributed by atoms with Crippen molar-refractivity contribution in [2.45, 2.75) is 50.9 Å². The summed E-state index contributed by atoms with van der Waals surface area (Å²) in [6, 6.07) is 16.3. The smallest absolute Gasteiger partial charge is 0.235 e. The van der Waals surface area contributed by atoms with E-state index in [1.165, 1.54) is 31.5 Å². The molecule has 1 N–H and O–H groups in total. The Morgan fingerprint density at radius 3 is 2.28 bits per heavy atom. The lowest BCUT2D eigenvalue weighted by molar-refractivity contribution is -0.121. The lowest BCUT2D eigenvalue weighted by Crippen LogP contribution is -2.38. The van der Waals surface area contributed by atoms with E-state index in [-0.39, 0.29) is 5.91 Å². The summed E-state index contributed by atoms with van der Waals surface area (Å²) in [6.45, 7) is 6.16.